The lowest BCUT2D eigenvalue weighted by atomic mass is 10.1. The number of hydrogen-bond acceptors (Lipinski definition) is 5. The Morgan fingerprint density at radius 2 is 1.67 bits per heavy atom. The van der Waals surface area contributed by atoms with E-state index in [2.05, 4.69) is 39.4 Å². The van der Waals surface area contributed by atoms with Gasteiger partial charge in [-0.25, -0.2) is 0 Å². The molecule has 0 atom stereocenters. The summed E-state index contributed by atoms with van der Waals surface area (Å²) in [6.45, 7) is 4.16. The highest BCUT2D eigenvalue weighted by molar-refractivity contribution is 7.80. The summed E-state index contributed by atoms with van der Waals surface area (Å²) >= 11 is 18.4. The predicted molar refractivity (Wildman–Crippen MR) is 149 cm³/mol. The van der Waals surface area contributed by atoms with Gasteiger partial charge >= 0.3 is 0 Å². The number of carbonyl (C=O) groups excluding carboxylic acids is 1. The maximum absolute atomic E-state index is 12.4. The number of nitrogens with zero attached hydrogens (tertiary/aromatic N) is 2. The first-order valence-corrected chi connectivity index (χ1v) is 12.7. The number of piperazine rings is 1. The summed E-state index contributed by atoms with van der Waals surface area (Å²) in [5.41, 5.74) is 2.59. The Labute approximate surface area is 226 Å². The molecule has 188 valence electrons. The molecule has 6 nitrogen and oxygen atoms in total. The van der Waals surface area contributed by atoms with Crippen LogP contribution in [0.15, 0.2) is 66.7 Å². The number of amides is 1. The maximum atomic E-state index is 12.4. The number of halogens is 2. The van der Waals surface area contributed by atoms with Crippen LogP contribution in [0.3, 0.4) is 0 Å². The van der Waals surface area contributed by atoms with Crippen LogP contribution in [0.25, 0.3) is 0 Å². The molecule has 0 aliphatic carbocycles. The fourth-order valence-corrected chi connectivity index (χ4v) is 4.75. The Morgan fingerprint density at radius 3 is 2.36 bits per heavy atom. The number of anilines is 1. The van der Waals surface area contributed by atoms with E-state index in [0.29, 0.717) is 26.5 Å². The predicted octanol–water partition coefficient (Wildman–Crippen LogP) is 5.51. The fraction of sp³-hybridized carbons (Fsp3) is 0.259. The summed E-state index contributed by atoms with van der Waals surface area (Å²) in [4.78, 5) is 17.7. The third kappa shape index (κ3) is 6.68. The molecule has 1 aliphatic heterocycles. The molecule has 0 saturated carbocycles. The number of para-hydroxylation sites is 1. The van der Waals surface area contributed by atoms with E-state index >= 15 is 0 Å². The molecule has 1 N–H and O–H groups in total. The van der Waals surface area contributed by atoms with Crippen molar-refractivity contribution in [3.8, 4) is 11.5 Å². The van der Waals surface area contributed by atoms with E-state index in [1.807, 2.05) is 6.07 Å². The van der Waals surface area contributed by atoms with Crippen molar-refractivity contribution in [2.24, 2.45) is 0 Å². The number of thiocarbonyl (C=S) groups is 1. The van der Waals surface area contributed by atoms with Crippen LogP contribution in [0.5, 0.6) is 11.5 Å². The van der Waals surface area contributed by atoms with E-state index < -0.39 is 0 Å². The van der Waals surface area contributed by atoms with Crippen molar-refractivity contribution in [3.05, 3.63) is 87.9 Å². The van der Waals surface area contributed by atoms with E-state index in [-0.39, 0.29) is 18.3 Å². The van der Waals surface area contributed by atoms with Gasteiger partial charge in [0.25, 0.3) is 5.91 Å². The molecule has 0 bridgehead atoms. The van der Waals surface area contributed by atoms with Crippen LogP contribution in [-0.4, -0.2) is 60.6 Å². The molecule has 0 unspecified atom stereocenters. The quantitative estimate of drug-likeness (QED) is 0.378. The Morgan fingerprint density at radius 1 is 0.972 bits per heavy atom. The van der Waals surface area contributed by atoms with E-state index in [1.54, 1.807) is 36.4 Å². The lowest BCUT2D eigenvalue weighted by Crippen LogP contribution is -2.48. The van der Waals surface area contributed by atoms with Crippen molar-refractivity contribution in [2.45, 2.75) is 6.54 Å². The van der Waals surface area contributed by atoms with Crippen molar-refractivity contribution in [1.29, 1.82) is 0 Å². The van der Waals surface area contributed by atoms with Crippen LogP contribution in [0, 0.1) is 0 Å². The first-order chi connectivity index (χ1) is 17.4. The summed E-state index contributed by atoms with van der Waals surface area (Å²) < 4.78 is 11.2. The van der Waals surface area contributed by atoms with E-state index in [4.69, 9.17) is 44.9 Å². The summed E-state index contributed by atoms with van der Waals surface area (Å²) in [7, 11) is 1.53. The van der Waals surface area contributed by atoms with Gasteiger partial charge in [0.1, 0.15) is 4.99 Å². The highest BCUT2D eigenvalue weighted by Gasteiger charge is 2.22. The van der Waals surface area contributed by atoms with Gasteiger partial charge < -0.3 is 19.7 Å². The number of rotatable bonds is 8. The normalized spacial score (nSPS) is 13.8. The summed E-state index contributed by atoms with van der Waals surface area (Å²) in [5, 5.41) is 3.48. The van der Waals surface area contributed by atoms with Crippen molar-refractivity contribution >= 4 is 52.0 Å². The van der Waals surface area contributed by atoms with Crippen LogP contribution in [-0.2, 0) is 11.3 Å². The molecule has 4 rings (SSSR count). The average molecular weight is 545 g/mol. The molecule has 1 saturated heterocycles. The van der Waals surface area contributed by atoms with Gasteiger partial charge in [0.15, 0.2) is 18.1 Å². The van der Waals surface area contributed by atoms with Crippen LogP contribution >= 0.6 is 35.4 Å². The number of nitrogens with one attached hydrogen (secondary N) is 1. The molecule has 36 heavy (non-hydrogen) atoms. The monoisotopic (exact) mass is 543 g/mol. The molecule has 3 aromatic rings. The van der Waals surface area contributed by atoms with Crippen LogP contribution in [0.2, 0.25) is 10.0 Å². The molecule has 1 heterocycles. The number of methoxy groups -OCH3 is 1. The molecular formula is C27H27Cl2N3O3S. The zero-order chi connectivity index (χ0) is 25.5. The Kier molecular flexibility index (Phi) is 9.04. The fourth-order valence-electron chi connectivity index (χ4n) is 4.00. The molecule has 0 spiro atoms. The van der Waals surface area contributed by atoms with Gasteiger partial charge in [-0.2, -0.15) is 0 Å². The van der Waals surface area contributed by atoms with Gasteiger partial charge in [-0.1, -0.05) is 77.9 Å². The molecule has 1 amide bonds. The van der Waals surface area contributed by atoms with E-state index in [0.717, 1.165) is 38.3 Å². The van der Waals surface area contributed by atoms with Crippen molar-refractivity contribution in [1.82, 2.24) is 9.80 Å². The van der Waals surface area contributed by atoms with Gasteiger partial charge in [-0.15, -0.1) is 0 Å². The second-order valence-electron chi connectivity index (χ2n) is 8.36. The topological polar surface area (TPSA) is 54.0 Å². The SMILES string of the molecule is COc1cc(C(=S)N2CCN(Cc3ccccc3)CC2)cc(Cl)c1OCC(=O)Nc1ccccc1Cl. The Hall–Kier alpha value is -2.84. The van der Waals surface area contributed by atoms with Crippen LogP contribution in [0.4, 0.5) is 5.69 Å². The molecule has 9 heteroatoms. The van der Waals surface area contributed by atoms with Crippen molar-refractivity contribution < 1.29 is 14.3 Å². The number of ether oxygens (including phenoxy) is 2. The molecule has 1 aliphatic rings. The minimum absolute atomic E-state index is 0.255. The first-order valence-electron chi connectivity index (χ1n) is 11.5. The molecule has 3 aromatic carbocycles. The lowest BCUT2D eigenvalue weighted by molar-refractivity contribution is -0.118. The first kappa shape index (κ1) is 26.2. The maximum Gasteiger partial charge on any atom is 0.262 e. The Balaban J connectivity index is 1.36. The molecular weight excluding hydrogens is 517 g/mol. The molecule has 0 radical (unpaired) electrons. The van der Waals surface area contributed by atoms with Crippen molar-refractivity contribution in [3.63, 3.8) is 0 Å². The van der Waals surface area contributed by atoms with E-state index in [9.17, 15) is 4.79 Å². The van der Waals surface area contributed by atoms with Crippen molar-refractivity contribution in [2.75, 3.05) is 45.2 Å². The Bertz CT molecular complexity index is 1220. The number of benzene rings is 3. The minimum atomic E-state index is -0.366. The van der Waals surface area contributed by atoms with Gasteiger partial charge in [0.05, 0.1) is 22.8 Å². The second-order valence-corrected chi connectivity index (χ2v) is 9.56. The summed E-state index contributed by atoms with van der Waals surface area (Å²) in [6, 6.07) is 21.0. The smallest absolute Gasteiger partial charge is 0.262 e. The number of hydrogen-bond donors (Lipinski definition) is 1. The minimum Gasteiger partial charge on any atom is -0.493 e. The third-order valence-corrected chi connectivity index (χ3v) is 6.98. The molecule has 0 aromatic heterocycles. The molecule has 1 fully saturated rings. The lowest BCUT2D eigenvalue weighted by Gasteiger charge is -2.36. The largest absolute Gasteiger partial charge is 0.493 e. The highest BCUT2D eigenvalue weighted by Crippen LogP contribution is 2.37. The second kappa shape index (κ2) is 12.4. The highest BCUT2D eigenvalue weighted by atomic mass is 35.5. The van der Waals surface area contributed by atoms with Gasteiger partial charge in [0, 0.05) is 38.3 Å². The zero-order valence-electron chi connectivity index (χ0n) is 19.9. The van der Waals surface area contributed by atoms with Gasteiger partial charge in [-0.05, 0) is 29.8 Å². The van der Waals surface area contributed by atoms with Gasteiger partial charge in [0.2, 0.25) is 0 Å². The van der Waals surface area contributed by atoms with E-state index in [1.165, 1.54) is 12.7 Å². The average Bonchev–Trinajstić information content (AvgIpc) is 2.89. The third-order valence-electron chi connectivity index (χ3n) is 5.88. The number of carbonyl (C=O) groups is 1. The van der Waals surface area contributed by atoms with Gasteiger partial charge in [-0.3, -0.25) is 9.69 Å². The van der Waals surface area contributed by atoms with Crippen LogP contribution in [0.1, 0.15) is 11.1 Å². The standard InChI is InChI=1S/C27H27Cl2N3O3S/c1-34-24-16-20(27(36)32-13-11-31(12-14-32)17-19-7-3-2-4-8-19)15-22(29)26(24)35-18-25(33)30-23-10-6-5-9-21(23)28/h2-10,15-16H,11-14,17-18H2,1H3,(H,30,33). The van der Waals surface area contributed by atoms with Crippen LogP contribution < -0.4 is 14.8 Å². The zero-order valence-corrected chi connectivity index (χ0v) is 22.2. The summed E-state index contributed by atoms with van der Waals surface area (Å²) in [5.74, 6) is 0.329. The summed E-state index contributed by atoms with van der Waals surface area (Å²) in [6.07, 6.45) is 0.